The molecule has 7 heteroatoms. The van der Waals surface area contributed by atoms with Crippen LogP contribution in [0.1, 0.15) is 10.4 Å². The van der Waals surface area contributed by atoms with Gasteiger partial charge in [-0.25, -0.2) is 8.42 Å². The summed E-state index contributed by atoms with van der Waals surface area (Å²) in [7, 11) is -3.48. The van der Waals surface area contributed by atoms with Gasteiger partial charge in [0.2, 0.25) is 10.0 Å². The van der Waals surface area contributed by atoms with E-state index in [0.29, 0.717) is 5.69 Å². The molecule has 0 aliphatic heterocycles. The molecule has 2 N–H and O–H groups in total. The van der Waals surface area contributed by atoms with Crippen LogP contribution in [0.2, 0.25) is 0 Å². The summed E-state index contributed by atoms with van der Waals surface area (Å²) < 4.78 is 25.2. The molecule has 3 aromatic rings. The minimum atomic E-state index is -3.48. The van der Waals surface area contributed by atoms with Crippen LogP contribution in [-0.2, 0) is 10.0 Å². The van der Waals surface area contributed by atoms with Gasteiger partial charge in [-0.2, -0.15) is 0 Å². The molecule has 122 valence electrons. The molecule has 0 bridgehead atoms. The number of nitrogens with one attached hydrogen (secondary N) is 2. The molecule has 24 heavy (non-hydrogen) atoms. The van der Waals surface area contributed by atoms with E-state index in [2.05, 4.69) is 15.0 Å². The van der Waals surface area contributed by atoms with Crippen LogP contribution in [0.5, 0.6) is 0 Å². The smallest absolute Gasteiger partial charge is 0.257 e. The highest BCUT2D eigenvalue weighted by atomic mass is 32.2. The topological polar surface area (TPSA) is 88.2 Å². The maximum Gasteiger partial charge on any atom is 0.257 e. The molecular weight excluding hydrogens is 326 g/mol. The normalized spacial score (nSPS) is 11.2. The fraction of sp³-hybridized carbons (Fsp3) is 0.0588. The van der Waals surface area contributed by atoms with Crippen LogP contribution in [0.4, 0.5) is 11.4 Å². The SMILES string of the molecule is CS(=O)(=O)Nc1ccccc1C(=O)Nc1cnc2ccccc2c1. The van der Waals surface area contributed by atoms with Gasteiger partial charge in [0, 0.05) is 5.39 Å². The number of benzene rings is 2. The second-order valence-electron chi connectivity index (χ2n) is 5.29. The van der Waals surface area contributed by atoms with Crippen LogP contribution in [-0.4, -0.2) is 25.6 Å². The van der Waals surface area contributed by atoms with Crippen molar-refractivity contribution in [2.75, 3.05) is 16.3 Å². The second kappa shape index (κ2) is 6.29. The molecule has 0 atom stereocenters. The van der Waals surface area contributed by atoms with Crippen molar-refractivity contribution in [3.05, 3.63) is 66.4 Å². The van der Waals surface area contributed by atoms with E-state index in [-0.39, 0.29) is 11.3 Å². The summed E-state index contributed by atoms with van der Waals surface area (Å²) in [4.78, 5) is 16.8. The lowest BCUT2D eigenvalue weighted by molar-refractivity contribution is 0.102. The Morgan fingerprint density at radius 3 is 2.54 bits per heavy atom. The van der Waals surface area contributed by atoms with Gasteiger partial charge in [-0.05, 0) is 24.3 Å². The number of hydrogen-bond donors (Lipinski definition) is 2. The Morgan fingerprint density at radius 2 is 1.75 bits per heavy atom. The Bertz CT molecular complexity index is 1020. The van der Waals surface area contributed by atoms with Gasteiger partial charge in [-0.3, -0.25) is 14.5 Å². The Morgan fingerprint density at radius 1 is 1.04 bits per heavy atom. The number of fused-ring (bicyclic) bond motifs is 1. The van der Waals surface area contributed by atoms with Crippen LogP contribution in [0.25, 0.3) is 10.9 Å². The van der Waals surface area contributed by atoms with Crippen molar-refractivity contribution >= 4 is 38.2 Å². The average molecular weight is 341 g/mol. The van der Waals surface area contributed by atoms with E-state index in [1.807, 2.05) is 30.3 Å². The monoisotopic (exact) mass is 341 g/mol. The Balaban J connectivity index is 1.89. The molecule has 0 saturated carbocycles. The molecule has 0 spiro atoms. The third-order valence-corrected chi connectivity index (χ3v) is 3.91. The minimum absolute atomic E-state index is 0.228. The van der Waals surface area contributed by atoms with Gasteiger partial charge in [-0.1, -0.05) is 30.3 Å². The van der Waals surface area contributed by atoms with Gasteiger partial charge in [0.15, 0.2) is 0 Å². The van der Waals surface area contributed by atoms with E-state index in [0.717, 1.165) is 17.2 Å². The highest BCUT2D eigenvalue weighted by molar-refractivity contribution is 7.92. The summed E-state index contributed by atoms with van der Waals surface area (Å²) >= 11 is 0. The van der Waals surface area contributed by atoms with Crippen molar-refractivity contribution in [1.82, 2.24) is 4.98 Å². The zero-order chi connectivity index (χ0) is 17.2. The number of amides is 1. The predicted octanol–water partition coefficient (Wildman–Crippen LogP) is 2.86. The number of sulfonamides is 1. The van der Waals surface area contributed by atoms with E-state index in [1.165, 1.54) is 6.07 Å². The summed E-state index contributed by atoms with van der Waals surface area (Å²) in [5.41, 5.74) is 1.82. The molecule has 0 fully saturated rings. The van der Waals surface area contributed by atoms with E-state index in [1.54, 1.807) is 24.4 Å². The van der Waals surface area contributed by atoms with Gasteiger partial charge in [0.1, 0.15) is 0 Å². The Labute approximate surface area is 139 Å². The maximum absolute atomic E-state index is 12.5. The summed E-state index contributed by atoms with van der Waals surface area (Å²) in [6.45, 7) is 0. The van der Waals surface area contributed by atoms with Gasteiger partial charge >= 0.3 is 0 Å². The van der Waals surface area contributed by atoms with E-state index < -0.39 is 15.9 Å². The summed E-state index contributed by atoms with van der Waals surface area (Å²) in [5.74, 6) is -0.418. The van der Waals surface area contributed by atoms with Crippen molar-refractivity contribution in [1.29, 1.82) is 0 Å². The number of carbonyl (C=O) groups excluding carboxylic acids is 1. The molecule has 1 amide bonds. The average Bonchev–Trinajstić information content (AvgIpc) is 2.53. The first-order valence-corrected chi connectivity index (χ1v) is 9.04. The van der Waals surface area contributed by atoms with Crippen LogP contribution >= 0.6 is 0 Å². The number of aromatic nitrogens is 1. The van der Waals surface area contributed by atoms with Gasteiger partial charge in [0.25, 0.3) is 5.91 Å². The maximum atomic E-state index is 12.5. The number of rotatable bonds is 4. The number of carbonyl (C=O) groups is 1. The first kappa shape index (κ1) is 15.9. The molecule has 0 saturated heterocycles. The predicted molar refractivity (Wildman–Crippen MR) is 94.6 cm³/mol. The molecule has 1 aromatic heterocycles. The first-order valence-electron chi connectivity index (χ1n) is 7.15. The number of pyridine rings is 1. The first-order chi connectivity index (χ1) is 11.4. The molecule has 3 rings (SSSR count). The summed E-state index contributed by atoms with van der Waals surface area (Å²) in [6.07, 6.45) is 2.60. The van der Waals surface area contributed by atoms with Gasteiger partial charge < -0.3 is 5.32 Å². The fourth-order valence-corrected chi connectivity index (χ4v) is 2.89. The standard InChI is InChI=1S/C17H15N3O3S/c1-24(22,23)20-16-9-5-3-7-14(16)17(21)19-13-10-12-6-2-4-8-15(12)18-11-13/h2-11,20H,1H3,(H,19,21). The number of para-hydroxylation sites is 2. The Hall–Kier alpha value is -2.93. The van der Waals surface area contributed by atoms with Crippen LogP contribution in [0, 0.1) is 0 Å². The van der Waals surface area contributed by atoms with Gasteiger partial charge in [-0.15, -0.1) is 0 Å². The highest BCUT2D eigenvalue weighted by Gasteiger charge is 2.14. The van der Waals surface area contributed by atoms with Crippen molar-refractivity contribution < 1.29 is 13.2 Å². The molecule has 1 heterocycles. The molecule has 0 radical (unpaired) electrons. The van der Waals surface area contributed by atoms with E-state index >= 15 is 0 Å². The molecule has 0 aliphatic rings. The molecule has 0 aliphatic carbocycles. The van der Waals surface area contributed by atoms with Crippen LogP contribution in [0.15, 0.2) is 60.8 Å². The van der Waals surface area contributed by atoms with Crippen molar-refractivity contribution in [2.45, 2.75) is 0 Å². The quantitative estimate of drug-likeness (QED) is 0.764. The van der Waals surface area contributed by atoms with E-state index in [4.69, 9.17) is 0 Å². The minimum Gasteiger partial charge on any atom is -0.321 e. The van der Waals surface area contributed by atoms with E-state index in [9.17, 15) is 13.2 Å². The summed E-state index contributed by atoms with van der Waals surface area (Å²) in [6, 6.07) is 15.8. The zero-order valence-corrected chi connectivity index (χ0v) is 13.7. The third kappa shape index (κ3) is 3.69. The second-order valence-corrected chi connectivity index (χ2v) is 7.04. The number of anilines is 2. The Kier molecular flexibility index (Phi) is 4.18. The summed E-state index contributed by atoms with van der Waals surface area (Å²) in [5, 5.41) is 3.64. The number of nitrogens with zero attached hydrogens (tertiary/aromatic N) is 1. The number of hydrogen-bond acceptors (Lipinski definition) is 4. The molecular formula is C17H15N3O3S. The molecule has 0 unspecified atom stereocenters. The lowest BCUT2D eigenvalue weighted by Crippen LogP contribution is -2.17. The highest BCUT2D eigenvalue weighted by Crippen LogP contribution is 2.20. The van der Waals surface area contributed by atoms with Crippen LogP contribution in [0.3, 0.4) is 0 Å². The lowest BCUT2D eigenvalue weighted by atomic mass is 10.1. The van der Waals surface area contributed by atoms with Crippen molar-refractivity contribution in [2.24, 2.45) is 0 Å². The fourth-order valence-electron chi connectivity index (χ4n) is 2.31. The van der Waals surface area contributed by atoms with Crippen molar-refractivity contribution in [3.63, 3.8) is 0 Å². The van der Waals surface area contributed by atoms with Crippen molar-refractivity contribution in [3.8, 4) is 0 Å². The molecule has 6 nitrogen and oxygen atoms in total. The van der Waals surface area contributed by atoms with Crippen LogP contribution < -0.4 is 10.0 Å². The molecule has 2 aromatic carbocycles. The largest absolute Gasteiger partial charge is 0.321 e. The zero-order valence-electron chi connectivity index (χ0n) is 12.9. The lowest BCUT2D eigenvalue weighted by Gasteiger charge is -2.11. The third-order valence-electron chi connectivity index (χ3n) is 3.32. The van der Waals surface area contributed by atoms with Gasteiger partial charge in [0.05, 0.1) is 34.9 Å².